The van der Waals surface area contributed by atoms with Gasteiger partial charge < -0.3 is 19.3 Å². The van der Waals surface area contributed by atoms with Gasteiger partial charge in [0.25, 0.3) is 0 Å². The number of hydrogen-bond donors (Lipinski definition) is 0. The summed E-state index contributed by atoms with van der Waals surface area (Å²) < 4.78 is 26.7. The van der Waals surface area contributed by atoms with Crippen LogP contribution in [0.3, 0.4) is 0 Å². The Morgan fingerprint density at radius 1 is 0.750 bits per heavy atom. The Morgan fingerprint density at radius 3 is 1.64 bits per heavy atom. The second-order valence-corrected chi connectivity index (χ2v) is 8.15. The zero-order valence-electron chi connectivity index (χ0n) is 15.9. The van der Waals surface area contributed by atoms with E-state index < -0.39 is 21.1 Å². The molecule has 0 saturated carbocycles. The first-order valence-corrected chi connectivity index (χ1v) is 9.66. The van der Waals surface area contributed by atoms with Gasteiger partial charge in [-0.25, -0.2) is 8.42 Å². The molecule has 0 aliphatic heterocycles. The molecule has 1 radical (unpaired) electrons. The van der Waals surface area contributed by atoms with E-state index in [4.69, 9.17) is 5.73 Å². The maximum Gasteiger partial charge on any atom is 3.00 e. The summed E-state index contributed by atoms with van der Waals surface area (Å²) in [6.45, 7) is 1.92. The van der Waals surface area contributed by atoms with Crippen molar-refractivity contribution >= 4 is 9.84 Å². The summed E-state index contributed by atoms with van der Waals surface area (Å²) in [5.74, 6) is 0. The van der Waals surface area contributed by atoms with Gasteiger partial charge in [-0.15, -0.1) is 0 Å². The number of nitrogens with two attached hydrogens (primary N) is 1. The van der Waals surface area contributed by atoms with Crippen LogP contribution >= 0.6 is 0 Å². The molecule has 149 valence electrons. The van der Waals surface area contributed by atoms with E-state index in [0.29, 0.717) is 11.1 Å². The van der Waals surface area contributed by atoms with Crippen LogP contribution in [0.1, 0.15) is 28.0 Å². The van der Waals surface area contributed by atoms with Crippen LogP contribution in [0.2, 0.25) is 0 Å². The maximum absolute atomic E-state index is 13.3. The summed E-state index contributed by atoms with van der Waals surface area (Å²) in [6.07, 6.45) is 0. The summed E-state index contributed by atoms with van der Waals surface area (Å²) in [5, 5.41) is -0.959. The molecule has 0 unspecified atom stereocenters. The van der Waals surface area contributed by atoms with E-state index in [-0.39, 0.29) is 38.0 Å². The van der Waals surface area contributed by atoms with Crippen LogP contribution in [0, 0.1) is 14.4 Å². The molecular weight excluding hydrogens is 457 g/mol. The van der Waals surface area contributed by atoms with Gasteiger partial charge in [-0.1, -0.05) is 90.0 Å². The molecule has 3 aromatic rings. The molecule has 0 fully saturated rings. The van der Waals surface area contributed by atoms with Crippen LogP contribution in [0.15, 0.2) is 89.8 Å². The third-order valence-corrected chi connectivity index (χ3v) is 6.42. The van der Waals surface area contributed by atoms with E-state index in [9.17, 15) is 8.42 Å². The molecule has 0 saturated heterocycles. The van der Waals surface area contributed by atoms with E-state index >= 15 is 0 Å². The number of hydrogen-bond acceptors (Lipinski definition) is 2. The molecule has 3 N–H and O–H groups in total. The largest absolute Gasteiger partial charge is 3.00 e. The van der Waals surface area contributed by atoms with Crippen molar-refractivity contribution in [2.24, 2.45) is 0 Å². The monoisotopic (exact) mass is 483 g/mol. The van der Waals surface area contributed by atoms with E-state index in [1.165, 1.54) is 0 Å². The smallest absolute Gasteiger partial charge is 0.693 e. The first-order valence-electron chi connectivity index (χ1n) is 8.12. The molecule has 28 heavy (non-hydrogen) atoms. The Balaban J connectivity index is 0.00000243. The molecule has 6 heteroatoms. The molecule has 0 heterocycles. The fraction of sp³-hybridized carbons (Fsp3) is 0.136. The number of sulfone groups is 1. The Morgan fingerprint density at radius 2 is 1.18 bits per heavy atom. The molecule has 0 aliphatic rings. The SMILES string of the molecule is Cc1ccc(S(=O)(=O)[C@@H](c2ccccc2)[C@@H]([NH-])c2ccccc2)cc1.[CH3-].[NH2-].[Ru+3]. The van der Waals surface area contributed by atoms with E-state index in [0.717, 1.165) is 5.56 Å². The zero-order valence-corrected chi connectivity index (χ0v) is 18.4. The van der Waals surface area contributed by atoms with E-state index in [1.807, 2.05) is 43.3 Å². The Hall–Kier alpha value is -1.85. The Labute approximate surface area is 181 Å². The molecule has 4 nitrogen and oxygen atoms in total. The first kappa shape index (κ1) is 26.2. The van der Waals surface area contributed by atoms with Gasteiger partial charge in [-0.05, 0) is 24.6 Å². The van der Waals surface area contributed by atoms with Crippen LogP contribution in [-0.4, -0.2) is 8.42 Å². The minimum atomic E-state index is -3.71. The zero-order chi connectivity index (χ0) is 17.9. The van der Waals surface area contributed by atoms with Crippen molar-refractivity contribution in [2.45, 2.75) is 23.1 Å². The normalized spacial score (nSPS) is 12.5. The van der Waals surface area contributed by atoms with Crippen molar-refractivity contribution in [1.82, 2.24) is 0 Å². The topological polar surface area (TPSA) is 91.4 Å². The fourth-order valence-electron chi connectivity index (χ4n) is 2.90. The molecule has 3 rings (SSSR count). The predicted octanol–water partition coefficient (Wildman–Crippen LogP) is 6.47. The quantitative estimate of drug-likeness (QED) is 0.308. The van der Waals surface area contributed by atoms with Crippen LogP contribution in [0.25, 0.3) is 11.9 Å². The van der Waals surface area contributed by atoms with Gasteiger partial charge in [0.05, 0.1) is 10.1 Å². The number of aryl methyl sites for hydroxylation is 1. The van der Waals surface area contributed by atoms with Crippen LogP contribution in [-0.2, 0) is 29.3 Å². The average molecular weight is 483 g/mol. The van der Waals surface area contributed by atoms with Gasteiger partial charge in [0.1, 0.15) is 0 Å². The number of benzene rings is 3. The molecule has 0 amide bonds. The van der Waals surface area contributed by atoms with Crippen molar-refractivity contribution < 1.29 is 27.9 Å². The van der Waals surface area contributed by atoms with E-state index in [1.54, 1.807) is 48.5 Å². The minimum Gasteiger partial charge on any atom is -0.693 e. The third kappa shape index (κ3) is 5.58. The van der Waals surface area contributed by atoms with Crippen molar-refractivity contribution in [2.75, 3.05) is 0 Å². The standard InChI is InChI=1S/C21H20NO2S.CH3.H2N.Ru/c1-16-12-14-19(15-13-16)25(23,24)21(18-10-6-3-7-11-18)20(22)17-8-4-2-5-9-17;;;/h2-15,20-22H,1H3;1H3;1H2;/q3*-1;+3/t20-,21-;;;/m0.../s1. The molecule has 0 spiro atoms. The van der Waals surface area contributed by atoms with Gasteiger partial charge in [0.2, 0.25) is 0 Å². The van der Waals surface area contributed by atoms with Gasteiger partial charge in [0.15, 0.2) is 9.84 Å². The summed E-state index contributed by atoms with van der Waals surface area (Å²) in [7, 11) is -3.71. The molecule has 3 aromatic carbocycles. The molecule has 2 atom stereocenters. The third-order valence-electron chi connectivity index (χ3n) is 4.27. The van der Waals surface area contributed by atoms with Crippen molar-refractivity contribution in [3.8, 4) is 0 Å². The van der Waals surface area contributed by atoms with Crippen molar-refractivity contribution in [3.63, 3.8) is 0 Å². The summed E-state index contributed by atoms with van der Waals surface area (Å²) in [6, 6.07) is 24.1. The maximum atomic E-state index is 13.3. The molecule has 0 bridgehead atoms. The number of rotatable bonds is 5. The van der Waals surface area contributed by atoms with Crippen LogP contribution < -0.4 is 0 Å². The minimum absolute atomic E-state index is 0. The van der Waals surface area contributed by atoms with Gasteiger partial charge in [0, 0.05) is 0 Å². The first-order chi connectivity index (χ1) is 12.0. The van der Waals surface area contributed by atoms with E-state index in [2.05, 4.69) is 0 Å². The second kappa shape index (κ2) is 11.2. The molecular formula is C22H25N2O2RuS. The second-order valence-electron chi connectivity index (χ2n) is 6.08. The Bertz CT molecular complexity index is 931. The van der Waals surface area contributed by atoms with Gasteiger partial charge in [-0.3, -0.25) is 0 Å². The molecule has 0 aromatic heterocycles. The summed E-state index contributed by atoms with van der Waals surface area (Å²) >= 11 is 0. The van der Waals surface area contributed by atoms with Gasteiger partial charge in [-0.2, -0.15) is 0 Å². The number of nitrogens with one attached hydrogen (secondary N) is 1. The van der Waals surface area contributed by atoms with Crippen LogP contribution in [0.5, 0.6) is 0 Å². The predicted molar refractivity (Wildman–Crippen MR) is 113 cm³/mol. The van der Waals surface area contributed by atoms with Crippen molar-refractivity contribution in [3.05, 3.63) is 121 Å². The van der Waals surface area contributed by atoms with Gasteiger partial charge >= 0.3 is 19.5 Å². The fourth-order valence-corrected chi connectivity index (χ4v) is 4.74. The molecule has 0 aliphatic carbocycles. The Kier molecular flexibility index (Phi) is 10.5. The van der Waals surface area contributed by atoms with Crippen LogP contribution in [0.4, 0.5) is 0 Å². The van der Waals surface area contributed by atoms with Crippen molar-refractivity contribution in [1.29, 1.82) is 0 Å². The summed E-state index contributed by atoms with van der Waals surface area (Å²) in [5.41, 5.74) is 11.0. The summed E-state index contributed by atoms with van der Waals surface area (Å²) in [4.78, 5) is 0.250. The average Bonchev–Trinajstić information content (AvgIpc) is 2.63.